The average molecular weight is 279 g/mol. The highest BCUT2D eigenvalue weighted by molar-refractivity contribution is 5.77. The van der Waals surface area contributed by atoms with Gasteiger partial charge >= 0.3 is 5.97 Å². The summed E-state index contributed by atoms with van der Waals surface area (Å²) in [7, 11) is 1.59. The average Bonchev–Trinajstić information content (AvgIpc) is 2.37. The molecule has 5 nitrogen and oxygen atoms in total. The zero-order valence-corrected chi connectivity index (χ0v) is 12.1. The molecule has 1 aromatic carbocycles. The number of carbonyl (C=O) groups is 2. The smallest absolute Gasteiger partial charge is 0.303 e. The summed E-state index contributed by atoms with van der Waals surface area (Å²) in [6.45, 7) is 3.64. The lowest BCUT2D eigenvalue weighted by Crippen LogP contribution is -2.28. The van der Waals surface area contributed by atoms with E-state index >= 15 is 0 Å². The van der Waals surface area contributed by atoms with Crippen molar-refractivity contribution in [2.75, 3.05) is 7.11 Å². The molecule has 1 amide bonds. The van der Waals surface area contributed by atoms with Crippen molar-refractivity contribution in [2.24, 2.45) is 5.92 Å². The molecule has 0 fully saturated rings. The molecule has 0 bridgehead atoms. The van der Waals surface area contributed by atoms with Gasteiger partial charge in [-0.2, -0.15) is 0 Å². The number of rotatable bonds is 7. The second-order valence-electron chi connectivity index (χ2n) is 4.97. The Morgan fingerprint density at radius 3 is 2.60 bits per heavy atom. The van der Waals surface area contributed by atoms with Crippen LogP contribution < -0.4 is 10.1 Å². The Morgan fingerprint density at radius 1 is 1.30 bits per heavy atom. The van der Waals surface area contributed by atoms with Crippen LogP contribution in [0.2, 0.25) is 0 Å². The second-order valence-corrected chi connectivity index (χ2v) is 4.97. The van der Waals surface area contributed by atoms with Gasteiger partial charge in [0.1, 0.15) is 5.75 Å². The van der Waals surface area contributed by atoms with Gasteiger partial charge in [0.2, 0.25) is 5.91 Å². The molecule has 1 rings (SSSR count). The van der Waals surface area contributed by atoms with Gasteiger partial charge in [-0.3, -0.25) is 9.59 Å². The number of hydrogen-bond acceptors (Lipinski definition) is 3. The quantitative estimate of drug-likeness (QED) is 0.803. The molecular formula is C15H21NO4. The van der Waals surface area contributed by atoms with Gasteiger partial charge in [-0.05, 0) is 30.5 Å². The van der Waals surface area contributed by atoms with Gasteiger partial charge in [-0.1, -0.05) is 19.1 Å². The van der Waals surface area contributed by atoms with Crippen LogP contribution in [-0.4, -0.2) is 24.1 Å². The van der Waals surface area contributed by atoms with E-state index in [-0.39, 0.29) is 30.7 Å². The molecule has 2 atom stereocenters. The third kappa shape index (κ3) is 5.30. The van der Waals surface area contributed by atoms with Crippen molar-refractivity contribution in [2.45, 2.75) is 32.7 Å². The van der Waals surface area contributed by atoms with E-state index in [0.29, 0.717) is 0 Å². The van der Waals surface area contributed by atoms with E-state index in [1.807, 2.05) is 31.2 Å². The topological polar surface area (TPSA) is 75.6 Å². The lowest BCUT2D eigenvalue weighted by Gasteiger charge is -2.16. The summed E-state index contributed by atoms with van der Waals surface area (Å²) in [5, 5.41) is 11.5. The first kappa shape index (κ1) is 16.0. The van der Waals surface area contributed by atoms with E-state index < -0.39 is 5.97 Å². The van der Waals surface area contributed by atoms with Crippen LogP contribution in [0.15, 0.2) is 24.3 Å². The Kier molecular flexibility index (Phi) is 6.03. The van der Waals surface area contributed by atoms with Crippen LogP contribution in [0.1, 0.15) is 38.3 Å². The molecular weight excluding hydrogens is 258 g/mol. The predicted octanol–water partition coefficient (Wildman–Crippen LogP) is 2.37. The number of aliphatic carboxylic acids is 1. The molecule has 20 heavy (non-hydrogen) atoms. The fraction of sp³-hybridized carbons (Fsp3) is 0.467. The van der Waals surface area contributed by atoms with Crippen molar-refractivity contribution in [3.63, 3.8) is 0 Å². The standard InChI is InChI=1S/C15H21NO4/c1-10(8-15(18)19)7-14(17)16-11(2)12-5-4-6-13(9-12)20-3/h4-6,9-11H,7-8H2,1-3H3,(H,16,17)(H,18,19)/t10?,11-/m0/s1. The van der Waals surface area contributed by atoms with Crippen LogP contribution >= 0.6 is 0 Å². The molecule has 1 unspecified atom stereocenters. The maximum atomic E-state index is 11.8. The van der Waals surface area contributed by atoms with Crippen molar-refractivity contribution < 1.29 is 19.4 Å². The lowest BCUT2D eigenvalue weighted by atomic mass is 10.0. The minimum Gasteiger partial charge on any atom is -0.497 e. The van der Waals surface area contributed by atoms with Crippen molar-refractivity contribution in [1.29, 1.82) is 0 Å². The molecule has 0 aromatic heterocycles. The Bertz CT molecular complexity index is 473. The second kappa shape index (κ2) is 7.53. The third-order valence-electron chi connectivity index (χ3n) is 3.03. The van der Waals surface area contributed by atoms with Gasteiger partial charge in [0.05, 0.1) is 13.2 Å². The summed E-state index contributed by atoms with van der Waals surface area (Å²) in [6, 6.07) is 7.34. The minimum atomic E-state index is -0.883. The van der Waals surface area contributed by atoms with Crippen LogP contribution in [0.4, 0.5) is 0 Å². The molecule has 0 aliphatic rings. The Hall–Kier alpha value is -2.04. The molecule has 0 heterocycles. The van der Waals surface area contributed by atoms with Crippen LogP contribution in [0.25, 0.3) is 0 Å². The van der Waals surface area contributed by atoms with Crippen molar-refractivity contribution in [3.05, 3.63) is 29.8 Å². The van der Waals surface area contributed by atoms with E-state index in [9.17, 15) is 9.59 Å². The van der Waals surface area contributed by atoms with Crippen molar-refractivity contribution in [1.82, 2.24) is 5.32 Å². The zero-order valence-electron chi connectivity index (χ0n) is 12.1. The number of hydrogen-bond donors (Lipinski definition) is 2. The molecule has 0 radical (unpaired) electrons. The maximum Gasteiger partial charge on any atom is 0.303 e. The number of benzene rings is 1. The van der Waals surface area contributed by atoms with E-state index in [4.69, 9.17) is 9.84 Å². The van der Waals surface area contributed by atoms with Gasteiger partial charge < -0.3 is 15.2 Å². The Balaban J connectivity index is 2.54. The van der Waals surface area contributed by atoms with Gasteiger partial charge in [0, 0.05) is 12.8 Å². The molecule has 5 heteroatoms. The molecule has 0 saturated heterocycles. The number of amides is 1. The SMILES string of the molecule is COc1cccc([C@H](C)NC(=O)CC(C)CC(=O)O)c1. The van der Waals surface area contributed by atoms with Gasteiger partial charge in [0.25, 0.3) is 0 Å². The number of ether oxygens (including phenoxy) is 1. The van der Waals surface area contributed by atoms with E-state index in [2.05, 4.69) is 5.32 Å². The minimum absolute atomic E-state index is 0.000953. The summed E-state index contributed by atoms with van der Waals surface area (Å²) in [5.74, 6) is -0.465. The molecule has 0 saturated carbocycles. The monoisotopic (exact) mass is 279 g/mol. The first-order valence-electron chi connectivity index (χ1n) is 6.57. The highest BCUT2D eigenvalue weighted by Crippen LogP contribution is 2.19. The zero-order chi connectivity index (χ0) is 15.1. The molecule has 0 aliphatic carbocycles. The van der Waals surface area contributed by atoms with E-state index in [1.54, 1.807) is 14.0 Å². The number of nitrogens with one attached hydrogen (secondary N) is 1. The molecule has 0 spiro atoms. The van der Waals surface area contributed by atoms with Crippen molar-refractivity contribution in [3.8, 4) is 5.75 Å². The Labute approximate surface area is 118 Å². The number of carbonyl (C=O) groups excluding carboxylic acids is 1. The summed E-state index contributed by atoms with van der Waals surface area (Å²) in [6.07, 6.45) is 0.210. The summed E-state index contributed by atoms with van der Waals surface area (Å²) >= 11 is 0. The van der Waals surface area contributed by atoms with Crippen LogP contribution in [0.5, 0.6) is 5.75 Å². The third-order valence-corrected chi connectivity index (χ3v) is 3.03. The Morgan fingerprint density at radius 2 is 2.00 bits per heavy atom. The van der Waals surface area contributed by atoms with Gasteiger partial charge in [0.15, 0.2) is 0 Å². The number of carboxylic acid groups (broad SMARTS) is 1. The maximum absolute atomic E-state index is 11.8. The highest BCUT2D eigenvalue weighted by Gasteiger charge is 2.15. The van der Waals surface area contributed by atoms with Crippen LogP contribution in [0.3, 0.4) is 0 Å². The van der Waals surface area contributed by atoms with Crippen LogP contribution in [0, 0.1) is 5.92 Å². The number of carboxylic acids is 1. The van der Waals surface area contributed by atoms with Crippen LogP contribution in [-0.2, 0) is 9.59 Å². The first-order valence-corrected chi connectivity index (χ1v) is 6.57. The molecule has 0 aliphatic heterocycles. The largest absolute Gasteiger partial charge is 0.497 e. The molecule has 110 valence electrons. The predicted molar refractivity (Wildman–Crippen MR) is 75.6 cm³/mol. The van der Waals surface area contributed by atoms with Crippen molar-refractivity contribution >= 4 is 11.9 Å². The molecule has 1 aromatic rings. The van der Waals surface area contributed by atoms with Gasteiger partial charge in [-0.15, -0.1) is 0 Å². The first-order chi connectivity index (χ1) is 9.42. The van der Waals surface area contributed by atoms with E-state index in [1.165, 1.54) is 0 Å². The molecule has 2 N–H and O–H groups in total. The summed E-state index contributed by atoms with van der Waals surface area (Å²) < 4.78 is 5.14. The summed E-state index contributed by atoms with van der Waals surface area (Å²) in [4.78, 5) is 22.4. The van der Waals surface area contributed by atoms with Gasteiger partial charge in [-0.25, -0.2) is 0 Å². The highest BCUT2D eigenvalue weighted by atomic mass is 16.5. The number of methoxy groups -OCH3 is 1. The fourth-order valence-corrected chi connectivity index (χ4v) is 1.98. The summed E-state index contributed by atoms with van der Waals surface area (Å²) in [5.41, 5.74) is 0.948. The normalized spacial score (nSPS) is 13.3. The fourth-order valence-electron chi connectivity index (χ4n) is 1.98. The lowest BCUT2D eigenvalue weighted by molar-refractivity contribution is -0.138. The van der Waals surface area contributed by atoms with E-state index in [0.717, 1.165) is 11.3 Å².